The minimum absolute atomic E-state index is 0.0885. The van der Waals surface area contributed by atoms with E-state index in [1.165, 1.54) is 23.3 Å². The monoisotopic (exact) mass is 277 g/mol. The van der Waals surface area contributed by atoms with E-state index < -0.39 is 5.82 Å². The van der Waals surface area contributed by atoms with E-state index in [-0.39, 0.29) is 5.56 Å². The molecule has 0 spiro atoms. The second kappa shape index (κ2) is 5.54. The fourth-order valence-electron chi connectivity index (χ4n) is 2.95. The summed E-state index contributed by atoms with van der Waals surface area (Å²) in [5, 5.41) is 8.79. The van der Waals surface area contributed by atoms with Gasteiger partial charge in [-0.1, -0.05) is 30.3 Å². The number of hydrogen-bond donors (Lipinski definition) is 0. The Morgan fingerprint density at radius 2 is 1.90 bits per heavy atom. The molecule has 0 N–H and O–H groups in total. The van der Waals surface area contributed by atoms with Crippen LogP contribution in [0.4, 0.5) is 4.39 Å². The van der Waals surface area contributed by atoms with Crippen molar-refractivity contribution in [3.8, 4) is 17.2 Å². The van der Waals surface area contributed by atoms with Gasteiger partial charge in [-0.05, 0) is 59.6 Å². The summed E-state index contributed by atoms with van der Waals surface area (Å²) >= 11 is 0. The molecule has 0 radical (unpaired) electrons. The van der Waals surface area contributed by atoms with Crippen molar-refractivity contribution in [2.45, 2.75) is 19.3 Å². The standard InChI is InChI=1S/C19H16FN/c1-2-13-3-4-15-10-16(6-5-14(15)9-13)17-7-8-18(12-21)19(20)11-17/h2,5-8,10-11,13H,1,3-4,9H2. The molecule has 21 heavy (non-hydrogen) atoms. The second-order valence-electron chi connectivity index (χ2n) is 5.53. The van der Waals surface area contributed by atoms with E-state index in [1.807, 2.05) is 18.2 Å². The number of fused-ring (bicyclic) bond motifs is 1. The minimum Gasteiger partial charge on any atom is -0.206 e. The van der Waals surface area contributed by atoms with Crippen LogP contribution in [0.1, 0.15) is 23.1 Å². The lowest BCUT2D eigenvalue weighted by Crippen LogP contribution is -2.11. The fourth-order valence-corrected chi connectivity index (χ4v) is 2.95. The molecule has 1 aliphatic rings. The molecule has 3 rings (SSSR count). The highest BCUT2D eigenvalue weighted by molar-refractivity contribution is 5.66. The van der Waals surface area contributed by atoms with Gasteiger partial charge in [-0.2, -0.15) is 5.26 Å². The molecule has 1 nitrogen and oxygen atoms in total. The second-order valence-corrected chi connectivity index (χ2v) is 5.53. The fraction of sp³-hybridized carbons (Fsp3) is 0.211. The Morgan fingerprint density at radius 1 is 1.14 bits per heavy atom. The van der Waals surface area contributed by atoms with Crippen LogP contribution in [-0.2, 0) is 12.8 Å². The number of nitriles is 1. The highest BCUT2D eigenvalue weighted by atomic mass is 19.1. The van der Waals surface area contributed by atoms with Crippen molar-refractivity contribution in [1.29, 1.82) is 5.26 Å². The molecule has 1 unspecified atom stereocenters. The first-order valence-corrected chi connectivity index (χ1v) is 7.15. The lowest BCUT2D eigenvalue weighted by atomic mass is 9.83. The summed E-state index contributed by atoms with van der Waals surface area (Å²) < 4.78 is 13.7. The maximum absolute atomic E-state index is 13.7. The molecular weight excluding hydrogens is 261 g/mol. The smallest absolute Gasteiger partial charge is 0.141 e. The molecule has 2 aromatic carbocycles. The number of benzene rings is 2. The zero-order valence-corrected chi connectivity index (χ0v) is 11.8. The third-order valence-corrected chi connectivity index (χ3v) is 4.23. The quantitative estimate of drug-likeness (QED) is 0.733. The van der Waals surface area contributed by atoms with E-state index in [2.05, 4.69) is 18.7 Å². The molecule has 2 aromatic rings. The third-order valence-electron chi connectivity index (χ3n) is 4.23. The van der Waals surface area contributed by atoms with E-state index in [9.17, 15) is 4.39 Å². The molecule has 0 fully saturated rings. The van der Waals surface area contributed by atoms with Crippen LogP contribution >= 0.6 is 0 Å². The zero-order chi connectivity index (χ0) is 14.8. The van der Waals surface area contributed by atoms with Gasteiger partial charge >= 0.3 is 0 Å². The SMILES string of the molecule is C=CC1CCc2cc(-c3ccc(C#N)c(F)c3)ccc2C1. The molecule has 104 valence electrons. The van der Waals surface area contributed by atoms with Gasteiger partial charge < -0.3 is 0 Å². The average Bonchev–Trinajstić information content (AvgIpc) is 2.53. The van der Waals surface area contributed by atoms with Crippen LogP contribution in [0.3, 0.4) is 0 Å². The molecule has 0 saturated heterocycles. The lowest BCUT2D eigenvalue weighted by Gasteiger charge is -2.22. The molecule has 0 bridgehead atoms. The maximum atomic E-state index is 13.7. The van der Waals surface area contributed by atoms with Crippen LogP contribution < -0.4 is 0 Å². The van der Waals surface area contributed by atoms with Gasteiger partial charge in [0.05, 0.1) is 5.56 Å². The van der Waals surface area contributed by atoms with Crippen LogP contribution in [0.2, 0.25) is 0 Å². The van der Waals surface area contributed by atoms with Gasteiger partial charge in [0.1, 0.15) is 11.9 Å². The van der Waals surface area contributed by atoms with Crippen molar-refractivity contribution in [1.82, 2.24) is 0 Å². The summed E-state index contributed by atoms with van der Waals surface area (Å²) in [6.45, 7) is 3.88. The Bertz CT molecular complexity index is 740. The molecule has 1 aliphatic carbocycles. The summed E-state index contributed by atoms with van der Waals surface area (Å²) in [7, 11) is 0. The lowest BCUT2D eigenvalue weighted by molar-refractivity contribution is 0.554. The van der Waals surface area contributed by atoms with Crippen molar-refractivity contribution >= 4 is 0 Å². The number of nitrogens with zero attached hydrogens (tertiary/aromatic N) is 1. The van der Waals surface area contributed by atoms with Crippen LogP contribution in [0.25, 0.3) is 11.1 Å². The molecule has 0 saturated carbocycles. The van der Waals surface area contributed by atoms with Crippen molar-refractivity contribution in [3.63, 3.8) is 0 Å². The predicted molar refractivity (Wildman–Crippen MR) is 82.3 cm³/mol. The summed E-state index contributed by atoms with van der Waals surface area (Å²) in [5.41, 5.74) is 4.62. The van der Waals surface area contributed by atoms with Crippen molar-refractivity contribution < 1.29 is 4.39 Å². The Labute approximate surface area is 124 Å². The van der Waals surface area contributed by atoms with Crippen molar-refractivity contribution in [3.05, 3.63) is 71.6 Å². The van der Waals surface area contributed by atoms with E-state index >= 15 is 0 Å². The Morgan fingerprint density at radius 3 is 2.62 bits per heavy atom. The number of hydrogen-bond acceptors (Lipinski definition) is 1. The average molecular weight is 277 g/mol. The molecule has 0 heterocycles. The largest absolute Gasteiger partial charge is 0.206 e. The van der Waals surface area contributed by atoms with Gasteiger partial charge in [-0.25, -0.2) is 4.39 Å². The summed E-state index contributed by atoms with van der Waals surface area (Å²) in [5.74, 6) is 0.107. The van der Waals surface area contributed by atoms with E-state index in [0.717, 1.165) is 30.4 Å². The summed E-state index contributed by atoms with van der Waals surface area (Å²) in [4.78, 5) is 0. The summed E-state index contributed by atoms with van der Waals surface area (Å²) in [6, 6.07) is 13.0. The Kier molecular flexibility index (Phi) is 3.58. The van der Waals surface area contributed by atoms with Gasteiger partial charge in [-0.3, -0.25) is 0 Å². The van der Waals surface area contributed by atoms with Crippen molar-refractivity contribution in [2.75, 3.05) is 0 Å². The Balaban J connectivity index is 1.96. The number of allylic oxidation sites excluding steroid dienone is 1. The number of rotatable bonds is 2. The van der Waals surface area contributed by atoms with E-state index in [4.69, 9.17) is 5.26 Å². The summed E-state index contributed by atoms with van der Waals surface area (Å²) in [6.07, 6.45) is 5.24. The highest BCUT2D eigenvalue weighted by Gasteiger charge is 2.16. The van der Waals surface area contributed by atoms with E-state index in [1.54, 1.807) is 6.07 Å². The van der Waals surface area contributed by atoms with Gasteiger partial charge in [0.25, 0.3) is 0 Å². The number of aryl methyl sites for hydroxylation is 1. The molecule has 0 aliphatic heterocycles. The molecular formula is C19H16FN. The highest BCUT2D eigenvalue weighted by Crippen LogP contribution is 2.30. The molecule has 0 aromatic heterocycles. The van der Waals surface area contributed by atoms with Crippen LogP contribution in [-0.4, -0.2) is 0 Å². The normalized spacial score (nSPS) is 16.9. The molecule has 1 atom stereocenters. The van der Waals surface area contributed by atoms with Crippen LogP contribution in [0.5, 0.6) is 0 Å². The topological polar surface area (TPSA) is 23.8 Å². The first-order valence-electron chi connectivity index (χ1n) is 7.15. The minimum atomic E-state index is -0.459. The van der Waals surface area contributed by atoms with Crippen LogP contribution in [0, 0.1) is 23.1 Å². The molecule has 0 amide bonds. The van der Waals surface area contributed by atoms with Gasteiger partial charge in [0, 0.05) is 0 Å². The van der Waals surface area contributed by atoms with Gasteiger partial charge in [0.2, 0.25) is 0 Å². The number of halogens is 1. The molecule has 2 heteroatoms. The third kappa shape index (κ3) is 2.60. The van der Waals surface area contributed by atoms with Crippen LogP contribution in [0.15, 0.2) is 49.1 Å². The van der Waals surface area contributed by atoms with E-state index in [0.29, 0.717) is 5.92 Å². The first-order chi connectivity index (χ1) is 10.2. The Hall–Kier alpha value is -2.40. The van der Waals surface area contributed by atoms with Gasteiger partial charge in [-0.15, -0.1) is 6.58 Å². The zero-order valence-electron chi connectivity index (χ0n) is 11.8. The van der Waals surface area contributed by atoms with Gasteiger partial charge in [0.15, 0.2) is 0 Å². The maximum Gasteiger partial charge on any atom is 0.141 e. The van der Waals surface area contributed by atoms with Crippen molar-refractivity contribution in [2.24, 2.45) is 5.92 Å². The first kappa shape index (κ1) is 13.6. The predicted octanol–water partition coefficient (Wildman–Crippen LogP) is 4.66.